The van der Waals surface area contributed by atoms with E-state index >= 15 is 0 Å². The number of rotatable bonds is 1. The molecule has 2 fully saturated rings. The predicted octanol–water partition coefficient (Wildman–Crippen LogP) is 2.35. The summed E-state index contributed by atoms with van der Waals surface area (Å²) in [7, 11) is 0. The second-order valence-electron chi connectivity index (χ2n) is 7.01. The number of nitrogens with zero attached hydrogens (tertiary/aromatic N) is 1. The third-order valence-electron chi connectivity index (χ3n) is 5.49. The fraction of sp³-hybridized carbons (Fsp3) is 0.556. The molecule has 0 unspecified atom stereocenters. The summed E-state index contributed by atoms with van der Waals surface area (Å²) in [5, 5.41) is 5.92. The molecule has 0 saturated carbocycles. The maximum atomic E-state index is 12.6. The summed E-state index contributed by atoms with van der Waals surface area (Å²) in [6.45, 7) is 1.79. The third kappa shape index (κ3) is 2.81. The minimum absolute atomic E-state index is 0.0103. The molecule has 2 heterocycles. The molecule has 1 spiro atoms. The molecule has 4 rings (SSSR count). The number of nitrogens with one attached hydrogen (secondary N) is 2. The number of carbonyl (C=O) groups is 2. The number of aryl methyl sites for hydroxylation is 1. The Labute approximate surface area is 141 Å². The van der Waals surface area contributed by atoms with Crippen LogP contribution in [0.2, 0.25) is 0 Å². The van der Waals surface area contributed by atoms with Gasteiger partial charge in [-0.3, -0.25) is 0 Å². The van der Waals surface area contributed by atoms with Crippen LogP contribution in [0.15, 0.2) is 24.3 Å². The quantitative estimate of drug-likeness (QED) is 0.831. The van der Waals surface area contributed by atoms with Crippen molar-refractivity contribution in [1.82, 2.24) is 15.5 Å². The summed E-state index contributed by atoms with van der Waals surface area (Å²) in [4.78, 5) is 25.8. The van der Waals surface area contributed by atoms with E-state index in [4.69, 9.17) is 4.74 Å². The van der Waals surface area contributed by atoms with Gasteiger partial charge in [0.05, 0.1) is 12.6 Å². The fourth-order valence-electron chi connectivity index (χ4n) is 4.04. The number of amides is 3. The van der Waals surface area contributed by atoms with Crippen LogP contribution in [0.3, 0.4) is 0 Å². The first-order valence-electron chi connectivity index (χ1n) is 8.75. The molecule has 0 bridgehead atoms. The van der Waals surface area contributed by atoms with Gasteiger partial charge in [0.1, 0.15) is 5.60 Å². The lowest BCUT2D eigenvalue weighted by Crippen LogP contribution is -2.51. The molecule has 24 heavy (non-hydrogen) atoms. The smallest absolute Gasteiger partial charge is 0.407 e. The summed E-state index contributed by atoms with van der Waals surface area (Å²) in [5.74, 6) is 0. The number of likely N-dealkylation sites (tertiary alicyclic amines) is 1. The average Bonchev–Trinajstić information content (AvgIpc) is 2.96. The number of piperidine rings is 1. The van der Waals surface area contributed by atoms with E-state index < -0.39 is 5.60 Å². The highest BCUT2D eigenvalue weighted by molar-refractivity contribution is 5.75. The van der Waals surface area contributed by atoms with E-state index in [9.17, 15) is 9.59 Å². The zero-order valence-corrected chi connectivity index (χ0v) is 13.7. The van der Waals surface area contributed by atoms with Crippen LogP contribution in [0.5, 0.6) is 0 Å². The average molecular weight is 329 g/mol. The number of fused-ring (bicyclic) bond motifs is 1. The molecule has 2 N–H and O–H groups in total. The summed E-state index contributed by atoms with van der Waals surface area (Å²) >= 11 is 0. The summed E-state index contributed by atoms with van der Waals surface area (Å²) < 4.78 is 5.41. The zero-order valence-electron chi connectivity index (χ0n) is 13.7. The van der Waals surface area contributed by atoms with Gasteiger partial charge in [0.25, 0.3) is 0 Å². The summed E-state index contributed by atoms with van der Waals surface area (Å²) in [6.07, 6.45) is 4.23. The Morgan fingerprint density at radius 2 is 2.08 bits per heavy atom. The van der Waals surface area contributed by atoms with Gasteiger partial charge in [-0.05, 0) is 30.4 Å². The van der Waals surface area contributed by atoms with Crippen molar-refractivity contribution in [2.45, 2.75) is 43.7 Å². The molecule has 0 radical (unpaired) electrons. The van der Waals surface area contributed by atoms with E-state index in [0.717, 1.165) is 19.3 Å². The molecule has 1 aliphatic carbocycles. The number of ether oxygens (including phenoxy) is 1. The van der Waals surface area contributed by atoms with Crippen molar-refractivity contribution >= 4 is 12.1 Å². The Morgan fingerprint density at radius 1 is 1.29 bits per heavy atom. The van der Waals surface area contributed by atoms with Crippen molar-refractivity contribution in [3.8, 4) is 0 Å². The Kier molecular flexibility index (Phi) is 3.82. The minimum atomic E-state index is -0.411. The highest BCUT2D eigenvalue weighted by atomic mass is 16.6. The predicted molar refractivity (Wildman–Crippen MR) is 88.7 cm³/mol. The van der Waals surface area contributed by atoms with E-state index in [0.29, 0.717) is 32.5 Å². The molecular weight excluding hydrogens is 306 g/mol. The second kappa shape index (κ2) is 6.00. The normalized spacial score (nSPS) is 24.9. The van der Waals surface area contributed by atoms with Crippen LogP contribution in [-0.4, -0.2) is 42.3 Å². The van der Waals surface area contributed by atoms with Gasteiger partial charge in [0.15, 0.2) is 0 Å². The Morgan fingerprint density at radius 3 is 2.83 bits per heavy atom. The molecular formula is C18H23N3O3. The fourth-order valence-corrected chi connectivity index (χ4v) is 4.04. The van der Waals surface area contributed by atoms with E-state index in [2.05, 4.69) is 28.8 Å². The lowest BCUT2D eigenvalue weighted by Gasteiger charge is -2.38. The van der Waals surface area contributed by atoms with Crippen molar-refractivity contribution in [1.29, 1.82) is 0 Å². The van der Waals surface area contributed by atoms with Gasteiger partial charge in [0.2, 0.25) is 0 Å². The van der Waals surface area contributed by atoms with Gasteiger partial charge in [-0.15, -0.1) is 0 Å². The van der Waals surface area contributed by atoms with E-state index in [1.165, 1.54) is 11.1 Å². The van der Waals surface area contributed by atoms with Crippen molar-refractivity contribution in [3.63, 3.8) is 0 Å². The van der Waals surface area contributed by atoms with Gasteiger partial charge in [0, 0.05) is 25.9 Å². The Balaban J connectivity index is 1.37. The van der Waals surface area contributed by atoms with Crippen LogP contribution >= 0.6 is 0 Å². The largest absolute Gasteiger partial charge is 0.441 e. The van der Waals surface area contributed by atoms with Gasteiger partial charge in [-0.2, -0.15) is 0 Å². The monoisotopic (exact) mass is 329 g/mol. The molecule has 3 aliphatic rings. The number of benzene rings is 1. The molecule has 6 nitrogen and oxygen atoms in total. The van der Waals surface area contributed by atoms with Gasteiger partial charge >= 0.3 is 12.1 Å². The van der Waals surface area contributed by atoms with Crippen molar-refractivity contribution in [3.05, 3.63) is 35.4 Å². The first-order chi connectivity index (χ1) is 11.7. The van der Waals surface area contributed by atoms with Crippen LogP contribution in [0.1, 0.15) is 42.9 Å². The zero-order chi connectivity index (χ0) is 16.6. The lowest BCUT2D eigenvalue weighted by atomic mass is 9.88. The number of hydrogen-bond acceptors (Lipinski definition) is 3. The molecule has 2 saturated heterocycles. The lowest BCUT2D eigenvalue weighted by molar-refractivity contribution is 0.00949. The Hall–Kier alpha value is -2.24. The SMILES string of the molecule is O=C1NCC2(CCN(C(=O)N[C@@H]3CCCc4ccccc43)CC2)O1. The van der Waals surface area contributed by atoms with E-state index in [1.807, 2.05) is 11.0 Å². The molecule has 1 aromatic rings. The minimum Gasteiger partial charge on any atom is -0.441 e. The Bertz CT molecular complexity index is 653. The van der Waals surface area contributed by atoms with Crippen LogP contribution in [0.25, 0.3) is 0 Å². The van der Waals surface area contributed by atoms with Crippen molar-refractivity contribution in [2.24, 2.45) is 0 Å². The molecule has 0 aromatic heterocycles. The van der Waals surface area contributed by atoms with E-state index in [-0.39, 0.29) is 18.2 Å². The van der Waals surface area contributed by atoms with Crippen LogP contribution in [0.4, 0.5) is 9.59 Å². The summed E-state index contributed by atoms with van der Waals surface area (Å²) in [6, 6.07) is 8.46. The molecule has 3 amide bonds. The molecule has 6 heteroatoms. The standard InChI is InChI=1S/C18H23N3O3/c22-16(20-15-7-3-5-13-4-1-2-6-14(13)15)21-10-8-18(9-11-21)12-19-17(23)24-18/h1-2,4,6,15H,3,5,7-12H2,(H,19,23)(H,20,22)/t15-/m1/s1. The topological polar surface area (TPSA) is 70.7 Å². The van der Waals surface area contributed by atoms with Crippen LogP contribution < -0.4 is 10.6 Å². The van der Waals surface area contributed by atoms with E-state index in [1.54, 1.807) is 0 Å². The van der Waals surface area contributed by atoms with Gasteiger partial charge in [-0.25, -0.2) is 9.59 Å². The number of alkyl carbamates (subject to hydrolysis) is 1. The maximum Gasteiger partial charge on any atom is 0.407 e. The molecule has 128 valence electrons. The van der Waals surface area contributed by atoms with Gasteiger partial charge in [-0.1, -0.05) is 24.3 Å². The van der Waals surface area contributed by atoms with Gasteiger partial charge < -0.3 is 20.3 Å². The second-order valence-corrected chi connectivity index (χ2v) is 7.01. The van der Waals surface area contributed by atoms with Crippen molar-refractivity contribution in [2.75, 3.05) is 19.6 Å². The number of carbonyl (C=O) groups excluding carboxylic acids is 2. The molecule has 1 aromatic carbocycles. The first-order valence-corrected chi connectivity index (χ1v) is 8.75. The number of urea groups is 1. The van der Waals surface area contributed by atoms with Crippen LogP contribution in [0, 0.1) is 0 Å². The third-order valence-corrected chi connectivity index (χ3v) is 5.49. The highest BCUT2D eigenvalue weighted by Crippen LogP contribution is 2.31. The highest BCUT2D eigenvalue weighted by Gasteiger charge is 2.43. The number of hydrogen-bond donors (Lipinski definition) is 2. The molecule has 2 aliphatic heterocycles. The summed E-state index contributed by atoms with van der Waals surface area (Å²) in [5.41, 5.74) is 2.18. The van der Waals surface area contributed by atoms with Crippen molar-refractivity contribution < 1.29 is 14.3 Å². The maximum absolute atomic E-state index is 12.6. The first kappa shape index (κ1) is 15.3. The molecule has 1 atom stereocenters. The van der Waals surface area contributed by atoms with Crippen LogP contribution in [-0.2, 0) is 11.2 Å².